The molecule has 0 heterocycles. The molecule has 0 radical (unpaired) electrons. The van der Waals surface area contributed by atoms with Crippen LogP contribution < -0.4 is 15.8 Å². The van der Waals surface area contributed by atoms with Gasteiger partial charge in [-0.25, -0.2) is 13.6 Å². The van der Waals surface area contributed by atoms with Crippen molar-refractivity contribution in [2.45, 2.75) is 56.5 Å². The smallest absolute Gasteiger partial charge is 0.309 e. The first-order valence-corrected chi connectivity index (χ1v) is 11.6. The van der Waals surface area contributed by atoms with Gasteiger partial charge >= 0.3 is 11.8 Å². The number of nitrogens with one attached hydrogen (secondary N) is 2. The Morgan fingerprint density at radius 1 is 1.00 bits per heavy atom. The van der Waals surface area contributed by atoms with Crippen molar-refractivity contribution < 1.29 is 18.0 Å². The molecular formula is C22H27N3O4S. The normalized spacial score (nSPS) is 14.5. The van der Waals surface area contributed by atoms with Crippen molar-refractivity contribution in [3.05, 3.63) is 64.7 Å². The van der Waals surface area contributed by atoms with Gasteiger partial charge in [0.15, 0.2) is 0 Å². The van der Waals surface area contributed by atoms with E-state index < -0.39 is 21.8 Å². The Hall–Kier alpha value is -2.71. The van der Waals surface area contributed by atoms with E-state index in [2.05, 4.69) is 22.8 Å². The number of carbonyl (C=O) groups is 2. The van der Waals surface area contributed by atoms with Crippen molar-refractivity contribution in [1.82, 2.24) is 10.6 Å². The van der Waals surface area contributed by atoms with Crippen molar-refractivity contribution in [1.29, 1.82) is 0 Å². The van der Waals surface area contributed by atoms with Gasteiger partial charge in [-0.05, 0) is 66.5 Å². The lowest BCUT2D eigenvalue weighted by Crippen LogP contribution is -2.41. The Morgan fingerprint density at radius 3 is 2.30 bits per heavy atom. The van der Waals surface area contributed by atoms with Crippen LogP contribution in [0.3, 0.4) is 0 Å². The summed E-state index contributed by atoms with van der Waals surface area (Å²) in [5, 5.41) is 10.4. The number of nitrogens with two attached hydrogens (primary N) is 1. The van der Waals surface area contributed by atoms with Crippen LogP contribution in [0, 0.1) is 0 Å². The zero-order chi connectivity index (χ0) is 21.7. The van der Waals surface area contributed by atoms with Crippen molar-refractivity contribution >= 4 is 21.8 Å². The summed E-state index contributed by atoms with van der Waals surface area (Å²) < 4.78 is 22.6. The Kier molecular flexibility index (Phi) is 6.89. The van der Waals surface area contributed by atoms with Gasteiger partial charge in [0.05, 0.1) is 10.9 Å². The van der Waals surface area contributed by atoms with Crippen LogP contribution in [0.1, 0.15) is 54.5 Å². The average Bonchev–Trinajstić information content (AvgIpc) is 2.75. The molecule has 2 amide bonds. The summed E-state index contributed by atoms with van der Waals surface area (Å²) in [7, 11) is -3.76. The first-order valence-electron chi connectivity index (χ1n) is 10.1. The molecule has 0 aliphatic heterocycles. The van der Waals surface area contributed by atoms with Gasteiger partial charge in [0.25, 0.3) is 0 Å². The molecule has 1 aliphatic rings. The molecule has 30 heavy (non-hydrogen) atoms. The number of carbonyl (C=O) groups excluding carboxylic acids is 2. The van der Waals surface area contributed by atoms with E-state index in [9.17, 15) is 18.0 Å². The largest absolute Gasteiger partial charge is 0.344 e. The highest BCUT2D eigenvalue weighted by molar-refractivity contribution is 7.89. The molecule has 2 aromatic rings. The summed E-state index contributed by atoms with van der Waals surface area (Å²) in [5.74, 6) is -1.43. The van der Waals surface area contributed by atoms with Crippen LogP contribution in [0.2, 0.25) is 0 Å². The van der Waals surface area contributed by atoms with Gasteiger partial charge in [-0.2, -0.15) is 0 Å². The summed E-state index contributed by atoms with van der Waals surface area (Å²) in [6, 6.07) is 11.9. The van der Waals surface area contributed by atoms with Crippen LogP contribution >= 0.6 is 0 Å². The highest BCUT2D eigenvalue weighted by atomic mass is 32.2. The Balaban J connectivity index is 1.58. The molecule has 0 bridgehead atoms. The monoisotopic (exact) mass is 429 g/mol. The molecule has 1 unspecified atom stereocenters. The maximum absolute atomic E-state index is 12.4. The van der Waals surface area contributed by atoms with Crippen LogP contribution in [0.5, 0.6) is 0 Å². The summed E-state index contributed by atoms with van der Waals surface area (Å²) >= 11 is 0. The molecule has 1 aliphatic carbocycles. The molecular weight excluding hydrogens is 402 g/mol. The molecule has 160 valence electrons. The lowest BCUT2D eigenvalue weighted by atomic mass is 9.89. The molecule has 3 rings (SSSR count). The van der Waals surface area contributed by atoms with Gasteiger partial charge in [-0.15, -0.1) is 0 Å². The van der Waals surface area contributed by atoms with E-state index in [-0.39, 0.29) is 17.5 Å². The number of sulfonamides is 1. The second-order valence-corrected chi connectivity index (χ2v) is 9.10. The summed E-state index contributed by atoms with van der Waals surface area (Å²) in [6.45, 7) is 2.07. The fraction of sp³-hybridized carbons (Fsp3) is 0.364. The van der Waals surface area contributed by atoms with E-state index in [1.807, 2.05) is 13.0 Å². The van der Waals surface area contributed by atoms with Crippen LogP contribution in [0.15, 0.2) is 47.4 Å². The third-order valence-corrected chi connectivity index (χ3v) is 6.33. The third-order valence-electron chi connectivity index (χ3n) is 5.40. The second-order valence-electron chi connectivity index (χ2n) is 7.54. The third kappa shape index (κ3) is 5.46. The summed E-state index contributed by atoms with van der Waals surface area (Å²) in [5.41, 5.74) is 4.37. The SMILES string of the molecule is CCC(NC(=O)C(=O)NCc1ccc(S(N)(=O)=O)cc1)c1ccc2c(c1)CCCC2. The van der Waals surface area contributed by atoms with Crippen LogP contribution in [0.4, 0.5) is 0 Å². The maximum atomic E-state index is 12.4. The Morgan fingerprint density at radius 2 is 1.67 bits per heavy atom. The maximum Gasteiger partial charge on any atom is 0.309 e. The Bertz CT molecular complexity index is 1030. The number of hydrogen-bond acceptors (Lipinski definition) is 4. The standard InChI is InChI=1S/C22H27N3O4S/c1-2-20(18-10-9-16-5-3-4-6-17(16)13-18)25-22(27)21(26)24-14-15-7-11-19(12-8-15)30(23,28)29/h7-13,20H,2-6,14H2,1H3,(H,24,26)(H,25,27)(H2,23,28,29). The molecule has 7 nitrogen and oxygen atoms in total. The van der Waals surface area contributed by atoms with Crippen molar-refractivity contribution in [2.24, 2.45) is 5.14 Å². The van der Waals surface area contributed by atoms with Gasteiger partial charge in [0.2, 0.25) is 10.0 Å². The average molecular weight is 430 g/mol. The van der Waals surface area contributed by atoms with E-state index in [1.54, 1.807) is 12.1 Å². The van der Waals surface area contributed by atoms with E-state index in [0.29, 0.717) is 12.0 Å². The first kappa shape index (κ1) is 22.0. The number of amides is 2. The highest BCUT2D eigenvalue weighted by Gasteiger charge is 2.20. The van der Waals surface area contributed by atoms with Gasteiger partial charge in [-0.1, -0.05) is 37.3 Å². The van der Waals surface area contributed by atoms with Gasteiger partial charge in [-0.3, -0.25) is 9.59 Å². The minimum Gasteiger partial charge on any atom is -0.344 e. The van der Waals surface area contributed by atoms with E-state index in [1.165, 1.54) is 36.1 Å². The minimum atomic E-state index is -3.76. The van der Waals surface area contributed by atoms with Gasteiger partial charge in [0, 0.05) is 6.54 Å². The summed E-state index contributed by atoms with van der Waals surface area (Å²) in [6.07, 6.45) is 5.22. The molecule has 2 aromatic carbocycles. The molecule has 0 aromatic heterocycles. The number of benzene rings is 2. The van der Waals surface area contributed by atoms with Gasteiger partial charge in [0.1, 0.15) is 0 Å². The minimum absolute atomic E-state index is 0.00819. The van der Waals surface area contributed by atoms with E-state index in [0.717, 1.165) is 18.4 Å². The molecule has 1 atom stereocenters. The lowest BCUT2D eigenvalue weighted by molar-refractivity contribution is -0.139. The first-order chi connectivity index (χ1) is 14.3. The number of primary sulfonamides is 1. The van der Waals surface area contributed by atoms with Crippen molar-refractivity contribution in [2.75, 3.05) is 0 Å². The van der Waals surface area contributed by atoms with Crippen molar-refractivity contribution in [3.63, 3.8) is 0 Å². The number of hydrogen-bond donors (Lipinski definition) is 3. The number of rotatable bonds is 6. The molecule has 0 spiro atoms. The van der Waals surface area contributed by atoms with Crippen LogP contribution in [0.25, 0.3) is 0 Å². The molecule has 0 fully saturated rings. The number of aryl methyl sites for hydroxylation is 2. The number of fused-ring (bicyclic) bond motifs is 1. The van der Waals surface area contributed by atoms with E-state index in [4.69, 9.17) is 5.14 Å². The zero-order valence-corrected chi connectivity index (χ0v) is 17.8. The van der Waals surface area contributed by atoms with E-state index >= 15 is 0 Å². The fourth-order valence-corrected chi connectivity index (χ4v) is 4.19. The predicted octanol–water partition coefficient (Wildman–Crippen LogP) is 2.10. The molecule has 0 saturated heterocycles. The topological polar surface area (TPSA) is 118 Å². The lowest BCUT2D eigenvalue weighted by Gasteiger charge is -2.21. The molecule has 4 N–H and O–H groups in total. The molecule has 0 saturated carbocycles. The fourth-order valence-electron chi connectivity index (χ4n) is 3.67. The van der Waals surface area contributed by atoms with Gasteiger partial charge < -0.3 is 10.6 Å². The van der Waals surface area contributed by atoms with Crippen LogP contribution in [-0.2, 0) is 39.0 Å². The summed E-state index contributed by atoms with van der Waals surface area (Å²) in [4.78, 5) is 24.6. The predicted molar refractivity (Wildman–Crippen MR) is 114 cm³/mol. The molecule has 8 heteroatoms. The van der Waals surface area contributed by atoms with Crippen molar-refractivity contribution in [3.8, 4) is 0 Å². The quantitative estimate of drug-likeness (QED) is 0.609. The zero-order valence-electron chi connectivity index (χ0n) is 17.0. The second kappa shape index (κ2) is 9.40. The highest BCUT2D eigenvalue weighted by Crippen LogP contribution is 2.26. The Labute approximate surface area is 177 Å². The van der Waals surface area contributed by atoms with Crippen LogP contribution in [-0.4, -0.2) is 20.2 Å².